The van der Waals surface area contributed by atoms with Gasteiger partial charge in [0.2, 0.25) is 0 Å². The third-order valence-corrected chi connectivity index (χ3v) is 7.12. The molecule has 204 valence electrons. The lowest BCUT2D eigenvalue weighted by Crippen LogP contribution is -2.46. The SMILES string of the molecule is CCc1cccc(CNC[C@@H](OC(=O)CSc2nc(=O)[nH]c3ccccc23)[C@@H](N)Cc2cc(F)cc(F)c2)c1. The van der Waals surface area contributed by atoms with Crippen LogP contribution in [0.5, 0.6) is 0 Å². The van der Waals surface area contributed by atoms with Gasteiger partial charge in [-0.1, -0.05) is 61.2 Å². The van der Waals surface area contributed by atoms with Gasteiger partial charge < -0.3 is 20.8 Å². The fourth-order valence-corrected chi connectivity index (χ4v) is 5.05. The summed E-state index contributed by atoms with van der Waals surface area (Å²) in [5, 5.41) is 4.41. The van der Waals surface area contributed by atoms with Crippen LogP contribution in [0.25, 0.3) is 10.9 Å². The third-order valence-electron chi connectivity index (χ3n) is 6.16. The van der Waals surface area contributed by atoms with Crippen molar-refractivity contribution >= 4 is 28.6 Å². The molecule has 0 saturated carbocycles. The van der Waals surface area contributed by atoms with Crippen molar-refractivity contribution in [2.45, 2.75) is 43.5 Å². The summed E-state index contributed by atoms with van der Waals surface area (Å²) in [6.45, 7) is 2.84. The number of nitrogens with zero attached hydrogens (tertiary/aromatic N) is 1. The monoisotopic (exact) mass is 552 g/mol. The highest BCUT2D eigenvalue weighted by Crippen LogP contribution is 2.23. The Labute approximate surface area is 229 Å². The fraction of sp³-hybridized carbons (Fsp3) is 0.276. The van der Waals surface area contributed by atoms with E-state index in [0.29, 0.717) is 28.0 Å². The van der Waals surface area contributed by atoms with Crippen molar-refractivity contribution in [1.29, 1.82) is 0 Å². The largest absolute Gasteiger partial charge is 0.459 e. The highest BCUT2D eigenvalue weighted by atomic mass is 32.2. The van der Waals surface area contributed by atoms with Crippen molar-refractivity contribution < 1.29 is 18.3 Å². The van der Waals surface area contributed by atoms with Crippen LogP contribution in [0.15, 0.2) is 76.6 Å². The number of carbonyl (C=O) groups excluding carboxylic acids is 1. The molecule has 10 heteroatoms. The first-order chi connectivity index (χ1) is 18.8. The van der Waals surface area contributed by atoms with Crippen molar-refractivity contribution in [2.24, 2.45) is 5.73 Å². The number of esters is 1. The average Bonchev–Trinajstić information content (AvgIpc) is 2.90. The van der Waals surface area contributed by atoms with Crippen LogP contribution < -0.4 is 16.7 Å². The van der Waals surface area contributed by atoms with Gasteiger partial charge in [0.25, 0.3) is 0 Å². The zero-order valence-corrected chi connectivity index (χ0v) is 22.3. The van der Waals surface area contributed by atoms with E-state index in [1.54, 1.807) is 18.2 Å². The van der Waals surface area contributed by atoms with E-state index in [-0.39, 0.29) is 18.7 Å². The molecule has 0 saturated heterocycles. The first kappa shape index (κ1) is 28.4. The highest BCUT2D eigenvalue weighted by molar-refractivity contribution is 8.00. The third kappa shape index (κ3) is 8.19. The maximum Gasteiger partial charge on any atom is 0.346 e. The van der Waals surface area contributed by atoms with E-state index in [9.17, 15) is 18.4 Å². The van der Waals surface area contributed by atoms with Crippen LogP contribution in [0.2, 0.25) is 0 Å². The van der Waals surface area contributed by atoms with Gasteiger partial charge in [-0.3, -0.25) is 4.79 Å². The molecular formula is C29H30F2N4O3S. The van der Waals surface area contributed by atoms with Gasteiger partial charge in [0.1, 0.15) is 22.8 Å². The topological polar surface area (TPSA) is 110 Å². The van der Waals surface area contributed by atoms with Crippen LogP contribution in [-0.4, -0.2) is 40.4 Å². The minimum absolute atomic E-state index is 0.100. The quantitative estimate of drug-likeness (QED) is 0.138. The zero-order chi connectivity index (χ0) is 27.8. The summed E-state index contributed by atoms with van der Waals surface area (Å²) in [6.07, 6.45) is 0.244. The number of aryl methyl sites for hydroxylation is 1. The molecule has 0 spiro atoms. The van der Waals surface area contributed by atoms with E-state index in [1.807, 2.05) is 18.2 Å². The smallest absolute Gasteiger partial charge is 0.346 e. The molecule has 0 unspecified atom stereocenters. The lowest BCUT2D eigenvalue weighted by Gasteiger charge is -2.25. The predicted octanol–water partition coefficient (Wildman–Crippen LogP) is 4.13. The van der Waals surface area contributed by atoms with Crippen LogP contribution in [0, 0.1) is 11.6 Å². The number of para-hydroxylation sites is 1. The first-order valence-corrected chi connectivity index (χ1v) is 13.6. The van der Waals surface area contributed by atoms with E-state index < -0.39 is 35.4 Å². The zero-order valence-electron chi connectivity index (χ0n) is 21.5. The molecule has 1 aromatic heterocycles. The van der Waals surface area contributed by atoms with E-state index in [0.717, 1.165) is 29.8 Å². The molecule has 4 aromatic rings. The molecule has 0 amide bonds. The van der Waals surface area contributed by atoms with Gasteiger partial charge in [-0.05, 0) is 47.7 Å². The number of thioether (sulfide) groups is 1. The Morgan fingerprint density at radius 1 is 1.05 bits per heavy atom. The maximum atomic E-state index is 13.7. The Bertz CT molecular complexity index is 1480. The number of H-pyrrole nitrogens is 1. The van der Waals surface area contributed by atoms with E-state index in [2.05, 4.69) is 34.3 Å². The van der Waals surface area contributed by atoms with Crippen LogP contribution in [0.4, 0.5) is 8.78 Å². The summed E-state index contributed by atoms with van der Waals surface area (Å²) >= 11 is 1.09. The van der Waals surface area contributed by atoms with Crippen molar-refractivity contribution in [3.8, 4) is 0 Å². The summed E-state index contributed by atoms with van der Waals surface area (Å²) in [7, 11) is 0. The molecule has 1 heterocycles. The minimum atomic E-state index is -0.775. The Kier molecular flexibility index (Phi) is 9.80. The van der Waals surface area contributed by atoms with E-state index >= 15 is 0 Å². The molecule has 2 atom stereocenters. The molecular weight excluding hydrogens is 522 g/mol. The normalized spacial score (nSPS) is 12.8. The minimum Gasteiger partial charge on any atom is -0.459 e. The number of halogens is 2. The maximum absolute atomic E-state index is 13.7. The number of ether oxygens (including phenoxy) is 1. The predicted molar refractivity (Wildman–Crippen MR) is 149 cm³/mol. The van der Waals surface area contributed by atoms with E-state index in [1.165, 1.54) is 17.7 Å². The van der Waals surface area contributed by atoms with Gasteiger partial charge in [0, 0.05) is 30.6 Å². The number of benzene rings is 3. The molecule has 0 aliphatic heterocycles. The fourth-order valence-electron chi connectivity index (χ4n) is 4.25. The van der Waals surface area contributed by atoms with Crippen LogP contribution in [0.1, 0.15) is 23.6 Å². The first-order valence-electron chi connectivity index (χ1n) is 12.6. The highest BCUT2D eigenvalue weighted by Gasteiger charge is 2.23. The Hall–Kier alpha value is -3.60. The molecule has 4 N–H and O–H groups in total. The molecule has 0 aliphatic carbocycles. The molecule has 0 fully saturated rings. The number of hydrogen-bond acceptors (Lipinski definition) is 7. The Morgan fingerprint density at radius 3 is 2.56 bits per heavy atom. The number of fused-ring (bicyclic) bond motifs is 1. The van der Waals surface area contributed by atoms with Gasteiger partial charge in [0.15, 0.2) is 0 Å². The lowest BCUT2D eigenvalue weighted by atomic mass is 10.0. The van der Waals surface area contributed by atoms with Crippen LogP contribution in [-0.2, 0) is 28.9 Å². The summed E-state index contributed by atoms with van der Waals surface area (Å²) in [5.41, 5.74) is 9.15. The standard InChI is InChI=1S/C29H30F2N4O3S/c1-2-18-6-5-7-19(10-18)15-33-16-26(24(32)13-20-11-21(30)14-22(31)12-20)38-27(36)17-39-28-23-8-3-4-9-25(23)34-29(37)35-28/h3-12,14,24,26,33H,2,13,15-17,32H2,1H3,(H,34,35,37)/t24-,26+/m0/s1. The van der Waals surface area contributed by atoms with Crippen LogP contribution in [0.3, 0.4) is 0 Å². The lowest BCUT2D eigenvalue weighted by molar-refractivity contribution is -0.146. The van der Waals surface area contributed by atoms with Crippen LogP contribution >= 0.6 is 11.8 Å². The molecule has 4 rings (SSSR count). The molecule has 0 bridgehead atoms. The second-order valence-electron chi connectivity index (χ2n) is 9.16. The van der Waals surface area contributed by atoms with Crippen molar-refractivity contribution in [3.63, 3.8) is 0 Å². The number of aromatic nitrogens is 2. The summed E-state index contributed by atoms with van der Waals surface area (Å²) in [6, 6.07) is 17.8. The number of rotatable bonds is 12. The number of hydrogen-bond donors (Lipinski definition) is 3. The Morgan fingerprint density at radius 2 is 1.79 bits per heavy atom. The number of nitrogens with one attached hydrogen (secondary N) is 2. The van der Waals surface area contributed by atoms with Crippen molar-refractivity contribution in [1.82, 2.24) is 15.3 Å². The van der Waals surface area contributed by atoms with Gasteiger partial charge in [0.05, 0.1) is 11.3 Å². The van der Waals surface area contributed by atoms with Gasteiger partial charge in [-0.15, -0.1) is 0 Å². The van der Waals surface area contributed by atoms with Crippen molar-refractivity contribution in [2.75, 3.05) is 12.3 Å². The second-order valence-corrected chi connectivity index (χ2v) is 10.1. The molecule has 3 aromatic carbocycles. The average molecular weight is 553 g/mol. The molecule has 39 heavy (non-hydrogen) atoms. The van der Waals surface area contributed by atoms with Gasteiger partial charge in [-0.2, -0.15) is 4.98 Å². The Balaban J connectivity index is 1.44. The van der Waals surface area contributed by atoms with E-state index in [4.69, 9.17) is 10.5 Å². The van der Waals surface area contributed by atoms with Gasteiger partial charge >= 0.3 is 11.7 Å². The molecule has 0 radical (unpaired) electrons. The number of nitrogens with two attached hydrogens (primary N) is 1. The number of carbonyl (C=O) groups is 1. The summed E-state index contributed by atoms with van der Waals surface area (Å²) in [5.74, 6) is -2.05. The molecule has 7 nitrogen and oxygen atoms in total. The van der Waals surface area contributed by atoms with Crippen molar-refractivity contribution in [3.05, 3.63) is 106 Å². The molecule has 0 aliphatic rings. The second kappa shape index (κ2) is 13.5. The number of aromatic amines is 1. The summed E-state index contributed by atoms with van der Waals surface area (Å²) < 4.78 is 33.2. The van der Waals surface area contributed by atoms with Gasteiger partial charge in [-0.25, -0.2) is 13.6 Å². The summed E-state index contributed by atoms with van der Waals surface area (Å²) in [4.78, 5) is 31.5.